The minimum Gasteiger partial charge on any atom is -0.289 e. The van der Waals surface area contributed by atoms with Crippen LogP contribution in [0.25, 0.3) is 16.8 Å². The smallest absolute Gasteiger partial charge is 0.185 e. The van der Waals surface area contributed by atoms with Gasteiger partial charge in [-0.25, -0.2) is 0 Å². The third kappa shape index (κ3) is 2.95. The molecule has 0 aliphatic rings. The van der Waals surface area contributed by atoms with Gasteiger partial charge in [-0.3, -0.25) is 9.48 Å². The molecule has 22 heavy (non-hydrogen) atoms. The molecule has 0 unspecified atom stereocenters. The van der Waals surface area contributed by atoms with Gasteiger partial charge in [0.25, 0.3) is 0 Å². The van der Waals surface area contributed by atoms with Gasteiger partial charge >= 0.3 is 0 Å². The summed E-state index contributed by atoms with van der Waals surface area (Å²) in [6.45, 7) is 2.73. The lowest BCUT2D eigenvalue weighted by atomic mass is 10.0. The minimum atomic E-state index is -0.0622. The van der Waals surface area contributed by atoms with Crippen LogP contribution in [0.3, 0.4) is 0 Å². The Morgan fingerprint density at radius 2 is 2.00 bits per heavy atom. The Hall–Kier alpha value is -2.39. The van der Waals surface area contributed by atoms with E-state index in [0.717, 1.165) is 17.3 Å². The molecule has 0 radical (unpaired) electrons. The third-order valence-electron chi connectivity index (χ3n) is 3.49. The third-order valence-corrected chi connectivity index (χ3v) is 3.79. The van der Waals surface area contributed by atoms with Crippen LogP contribution < -0.4 is 0 Å². The highest BCUT2D eigenvalue weighted by Gasteiger charge is 2.06. The molecule has 3 rings (SSSR count). The first kappa shape index (κ1) is 14.5. The fourth-order valence-electron chi connectivity index (χ4n) is 2.28. The number of ketones is 1. The fraction of sp³-hybridized carbons (Fsp3) is 0.111. The molecule has 0 spiro atoms. The lowest BCUT2D eigenvalue weighted by molar-refractivity contribution is 0.104. The summed E-state index contributed by atoms with van der Waals surface area (Å²) in [7, 11) is 0. The SMILES string of the molecule is CCn1cc(Cl)c(/C=C/C(=O)c2ccc3ccccc3c2)n1. The first-order valence-electron chi connectivity index (χ1n) is 7.11. The number of carbonyl (C=O) groups is 1. The van der Waals surface area contributed by atoms with E-state index in [9.17, 15) is 4.79 Å². The number of fused-ring (bicyclic) bond motifs is 1. The first-order chi connectivity index (χ1) is 10.7. The van der Waals surface area contributed by atoms with Gasteiger partial charge in [0.15, 0.2) is 5.78 Å². The normalized spacial score (nSPS) is 11.4. The van der Waals surface area contributed by atoms with Gasteiger partial charge in [0.1, 0.15) is 5.69 Å². The van der Waals surface area contributed by atoms with Gasteiger partial charge in [0.05, 0.1) is 5.02 Å². The minimum absolute atomic E-state index is 0.0622. The molecule has 0 aliphatic carbocycles. The molecule has 110 valence electrons. The summed E-state index contributed by atoms with van der Waals surface area (Å²) in [6.07, 6.45) is 4.92. The molecule has 0 saturated heterocycles. The van der Waals surface area contributed by atoms with Gasteiger partial charge in [0.2, 0.25) is 0 Å². The molecule has 0 fully saturated rings. The van der Waals surface area contributed by atoms with Gasteiger partial charge < -0.3 is 0 Å². The maximum absolute atomic E-state index is 12.3. The van der Waals surface area contributed by atoms with Crippen molar-refractivity contribution in [3.8, 4) is 0 Å². The molecular weight excluding hydrogens is 296 g/mol. The Morgan fingerprint density at radius 3 is 2.73 bits per heavy atom. The van der Waals surface area contributed by atoms with Crippen LogP contribution in [-0.2, 0) is 6.54 Å². The summed E-state index contributed by atoms with van der Waals surface area (Å²) in [6, 6.07) is 13.6. The second kappa shape index (κ2) is 6.16. The van der Waals surface area contributed by atoms with Gasteiger partial charge in [-0.15, -0.1) is 0 Å². The molecule has 0 aliphatic heterocycles. The predicted molar refractivity (Wildman–Crippen MR) is 90.2 cm³/mol. The van der Waals surface area contributed by atoms with E-state index in [1.165, 1.54) is 6.08 Å². The van der Waals surface area contributed by atoms with E-state index in [4.69, 9.17) is 11.6 Å². The highest BCUT2D eigenvalue weighted by atomic mass is 35.5. The van der Waals surface area contributed by atoms with Crippen LogP contribution >= 0.6 is 11.6 Å². The molecule has 1 heterocycles. The second-order valence-corrected chi connectivity index (χ2v) is 5.38. The van der Waals surface area contributed by atoms with Crippen LogP contribution in [-0.4, -0.2) is 15.6 Å². The van der Waals surface area contributed by atoms with Crippen molar-refractivity contribution in [2.45, 2.75) is 13.5 Å². The van der Waals surface area contributed by atoms with Crippen molar-refractivity contribution < 1.29 is 4.79 Å². The molecule has 1 aromatic heterocycles. The number of nitrogens with zero attached hydrogens (tertiary/aromatic N) is 2. The van der Waals surface area contributed by atoms with Crippen LogP contribution in [0.15, 0.2) is 54.7 Å². The molecule has 0 N–H and O–H groups in total. The second-order valence-electron chi connectivity index (χ2n) is 4.98. The Bertz CT molecular complexity index is 864. The monoisotopic (exact) mass is 310 g/mol. The average molecular weight is 311 g/mol. The molecule has 0 bridgehead atoms. The van der Waals surface area contributed by atoms with E-state index in [1.54, 1.807) is 17.0 Å². The number of rotatable bonds is 4. The van der Waals surface area contributed by atoms with Crippen molar-refractivity contribution in [3.63, 3.8) is 0 Å². The summed E-state index contributed by atoms with van der Waals surface area (Å²) in [5, 5.41) is 7.00. The topological polar surface area (TPSA) is 34.9 Å². The van der Waals surface area contributed by atoms with E-state index < -0.39 is 0 Å². The molecule has 0 saturated carbocycles. The number of benzene rings is 2. The van der Waals surface area contributed by atoms with Gasteiger partial charge in [-0.05, 0) is 35.9 Å². The van der Waals surface area contributed by atoms with Crippen molar-refractivity contribution >= 4 is 34.2 Å². The van der Waals surface area contributed by atoms with Crippen molar-refractivity contribution in [2.75, 3.05) is 0 Å². The summed E-state index contributed by atoms with van der Waals surface area (Å²) in [5.41, 5.74) is 1.26. The molecule has 0 amide bonds. The number of allylic oxidation sites excluding steroid dienone is 1. The fourth-order valence-corrected chi connectivity index (χ4v) is 2.49. The maximum atomic E-state index is 12.3. The van der Waals surface area contributed by atoms with Gasteiger partial charge in [0, 0.05) is 18.3 Å². The van der Waals surface area contributed by atoms with Crippen LogP contribution in [0, 0.1) is 0 Å². The molecule has 0 atom stereocenters. The predicted octanol–water partition coefficient (Wildman–Crippen LogP) is 4.61. The summed E-state index contributed by atoms with van der Waals surface area (Å²) in [4.78, 5) is 12.3. The number of carbonyl (C=O) groups excluding carboxylic acids is 1. The summed E-state index contributed by atoms with van der Waals surface area (Å²) < 4.78 is 1.74. The Kier molecular flexibility index (Phi) is 4.07. The van der Waals surface area contributed by atoms with Crippen LogP contribution in [0.1, 0.15) is 23.0 Å². The standard InChI is InChI=1S/C18H15ClN2O/c1-2-21-12-16(19)17(20-21)9-10-18(22)15-8-7-13-5-3-4-6-14(13)11-15/h3-12H,2H2,1H3/b10-9+. The van der Waals surface area contributed by atoms with Gasteiger partial charge in [-0.2, -0.15) is 5.10 Å². The Balaban J connectivity index is 1.85. The zero-order valence-electron chi connectivity index (χ0n) is 12.2. The van der Waals surface area contributed by atoms with E-state index in [2.05, 4.69) is 5.10 Å². The summed E-state index contributed by atoms with van der Waals surface area (Å²) in [5.74, 6) is -0.0622. The lowest BCUT2D eigenvalue weighted by Gasteiger charge is -2.00. The molecular formula is C18H15ClN2O. The molecule has 3 nitrogen and oxygen atoms in total. The van der Waals surface area contributed by atoms with Crippen molar-refractivity contribution in [3.05, 3.63) is 71.0 Å². The zero-order chi connectivity index (χ0) is 15.5. The number of hydrogen-bond acceptors (Lipinski definition) is 2. The largest absolute Gasteiger partial charge is 0.289 e. The quantitative estimate of drug-likeness (QED) is 0.521. The van der Waals surface area contributed by atoms with Crippen LogP contribution in [0.2, 0.25) is 5.02 Å². The van der Waals surface area contributed by atoms with Crippen molar-refractivity contribution in [2.24, 2.45) is 0 Å². The van der Waals surface area contributed by atoms with Crippen LogP contribution in [0.4, 0.5) is 0 Å². The Labute approximate surface area is 133 Å². The van der Waals surface area contributed by atoms with Crippen molar-refractivity contribution in [1.29, 1.82) is 0 Å². The molecule has 3 aromatic rings. The van der Waals surface area contributed by atoms with Crippen molar-refractivity contribution in [1.82, 2.24) is 9.78 Å². The van der Waals surface area contributed by atoms with E-state index >= 15 is 0 Å². The first-order valence-corrected chi connectivity index (χ1v) is 7.49. The number of halogens is 1. The average Bonchev–Trinajstić information content (AvgIpc) is 2.92. The van der Waals surface area contributed by atoms with Gasteiger partial charge in [-0.1, -0.05) is 48.0 Å². The highest BCUT2D eigenvalue weighted by molar-refractivity contribution is 6.31. The highest BCUT2D eigenvalue weighted by Crippen LogP contribution is 2.18. The van der Waals surface area contributed by atoms with E-state index in [0.29, 0.717) is 16.3 Å². The molecule has 4 heteroatoms. The summed E-state index contributed by atoms with van der Waals surface area (Å²) >= 11 is 6.09. The number of aromatic nitrogens is 2. The lowest BCUT2D eigenvalue weighted by Crippen LogP contribution is -1.95. The van der Waals surface area contributed by atoms with E-state index in [-0.39, 0.29) is 5.78 Å². The number of aryl methyl sites for hydroxylation is 1. The van der Waals surface area contributed by atoms with Crippen LogP contribution in [0.5, 0.6) is 0 Å². The van der Waals surface area contributed by atoms with E-state index in [1.807, 2.05) is 49.4 Å². The zero-order valence-corrected chi connectivity index (χ0v) is 12.9. The number of hydrogen-bond donors (Lipinski definition) is 0. The maximum Gasteiger partial charge on any atom is 0.185 e. The molecule has 2 aromatic carbocycles. The Morgan fingerprint density at radius 1 is 1.23 bits per heavy atom.